The van der Waals surface area contributed by atoms with E-state index >= 15 is 0 Å². The largest absolute Gasteiger partial charge is 0.493 e. The summed E-state index contributed by atoms with van der Waals surface area (Å²) in [4.78, 5) is 26.5. The lowest BCUT2D eigenvalue weighted by atomic mass is 10.1. The number of methoxy groups -OCH3 is 2. The van der Waals surface area contributed by atoms with E-state index in [1.54, 1.807) is 31.3 Å². The SMILES string of the molecule is COc1ccc(N2CC(NC(=O)NC(C)CCc3ccccc3)CC2=O)cc1OC. The number of amides is 3. The van der Waals surface area contributed by atoms with Gasteiger partial charge in [-0.25, -0.2) is 4.79 Å². The van der Waals surface area contributed by atoms with Gasteiger partial charge < -0.3 is 25.0 Å². The normalized spacial score (nSPS) is 16.8. The maximum absolute atomic E-state index is 12.5. The third-order valence-electron chi connectivity index (χ3n) is 5.23. The number of nitrogens with zero attached hydrogens (tertiary/aromatic N) is 1. The van der Waals surface area contributed by atoms with Crippen LogP contribution in [0.15, 0.2) is 48.5 Å². The lowest BCUT2D eigenvalue weighted by Gasteiger charge is -2.20. The summed E-state index contributed by atoms with van der Waals surface area (Å²) in [5.74, 6) is 1.13. The molecule has 0 aliphatic carbocycles. The van der Waals surface area contributed by atoms with Crippen molar-refractivity contribution in [2.75, 3.05) is 25.7 Å². The minimum absolute atomic E-state index is 0.0317. The highest BCUT2D eigenvalue weighted by atomic mass is 16.5. The van der Waals surface area contributed by atoms with Crippen LogP contribution in [0.1, 0.15) is 25.3 Å². The van der Waals surface area contributed by atoms with Gasteiger partial charge in [0.25, 0.3) is 0 Å². The number of benzene rings is 2. The summed E-state index contributed by atoms with van der Waals surface area (Å²) in [6, 6.07) is 15.1. The molecule has 2 atom stereocenters. The maximum atomic E-state index is 12.5. The third-order valence-corrected chi connectivity index (χ3v) is 5.23. The number of hydrogen-bond donors (Lipinski definition) is 2. The standard InChI is InChI=1S/C23H29N3O4/c1-16(9-10-17-7-5-4-6-8-17)24-23(28)25-18-13-22(27)26(15-18)19-11-12-20(29-2)21(14-19)30-3/h4-8,11-12,14,16,18H,9-10,13,15H2,1-3H3,(H2,24,25,28). The molecule has 0 spiro atoms. The van der Waals surface area contributed by atoms with Gasteiger partial charge in [0.05, 0.1) is 20.3 Å². The van der Waals surface area contributed by atoms with Crippen LogP contribution in [-0.4, -0.2) is 44.8 Å². The molecule has 2 unspecified atom stereocenters. The van der Waals surface area contributed by atoms with E-state index in [0.29, 0.717) is 18.0 Å². The van der Waals surface area contributed by atoms with Crippen LogP contribution < -0.4 is 25.0 Å². The Bertz CT molecular complexity index is 872. The Kier molecular flexibility index (Phi) is 7.17. The van der Waals surface area contributed by atoms with E-state index in [4.69, 9.17) is 9.47 Å². The van der Waals surface area contributed by atoms with E-state index in [1.165, 1.54) is 5.56 Å². The van der Waals surface area contributed by atoms with Gasteiger partial charge in [-0.15, -0.1) is 0 Å². The van der Waals surface area contributed by atoms with Crippen LogP contribution in [0.4, 0.5) is 10.5 Å². The van der Waals surface area contributed by atoms with E-state index in [2.05, 4.69) is 22.8 Å². The molecule has 3 rings (SSSR count). The topological polar surface area (TPSA) is 79.9 Å². The lowest BCUT2D eigenvalue weighted by molar-refractivity contribution is -0.117. The number of nitrogens with one attached hydrogen (secondary N) is 2. The Labute approximate surface area is 177 Å². The van der Waals surface area contributed by atoms with E-state index in [1.807, 2.05) is 31.2 Å². The van der Waals surface area contributed by atoms with Crippen LogP contribution in [0.5, 0.6) is 11.5 Å². The fraction of sp³-hybridized carbons (Fsp3) is 0.391. The molecule has 0 saturated carbocycles. The van der Waals surface area contributed by atoms with E-state index in [9.17, 15) is 9.59 Å². The molecule has 2 N–H and O–H groups in total. The number of urea groups is 1. The first-order valence-electron chi connectivity index (χ1n) is 10.1. The third kappa shape index (κ3) is 5.43. The maximum Gasteiger partial charge on any atom is 0.315 e. The first kappa shape index (κ1) is 21.5. The van der Waals surface area contributed by atoms with Crippen molar-refractivity contribution in [3.63, 3.8) is 0 Å². The van der Waals surface area contributed by atoms with Crippen LogP contribution in [0, 0.1) is 0 Å². The molecule has 1 heterocycles. The average Bonchev–Trinajstić information content (AvgIpc) is 3.12. The molecular weight excluding hydrogens is 382 g/mol. The number of aryl methyl sites for hydroxylation is 1. The van der Waals surface area contributed by atoms with Gasteiger partial charge in [-0.1, -0.05) is 30.3 Å². The molecule has 1 aliphatic rings. The number of ether oxygens (including phenoxy) is 2. The van der Waals surface area contributed by atoms with Gasteiger partial charge in [-0.05, 0) is 37.5 Å². The van der Waals surface area contributed by atoms with E-state index in [-0.39, 0.29) is 30.4 Å². The van der Waals surface area contributed by atoms with Crippen LogP contribution in [0.2, 0.25) is 0 Å². The molecule has 0 aromatic heterocycles. The Balaban J connectivity index is 1.50. The summed E-state index contributed by atoms with van der Waals surface area (Å²) in [5.41, 5.74) is 1.97. The van der Waals surface area contributed by atoms with E-state index < -0.39 is 0 Å². The van der Waals surface area contributed by atoms with Gasteiger partial charge in [0, 0.05) is 30.8 Å². The fourth-order valence-corrected chi connectivity index (χ4v) is 3.60. The van der Waals surface area contributed by atoms with Gasteiger partial charge in [-0.2, -0.15) is 0 Å². The Morgan fingerprint density at radius 2 is 1.87 bits per heavy atom. The minimum atomic E-state index is -0.248. The van der Waals surface area contributed by atoms with E-state index in [0.717, 1.165) is 18.5 Å². The molecule has 0 radical (unpaired) electrons. The van der Waals surface area contributed by atoms with Crippen LogP contribution in [0.25, 0.3) is 0 Å². The molecular formula is C23H29N3O4. The quantitative estimate of drug-likeness (QED) is 0.699. The van der Waals surface area contributed by atoms with Crippen molar-refractivity contribution in [1.82, 2.24) is 10.6 Å². The van der Waals surface area contributed by atoms with Crippen molar-refractivity contribution in [3.8, 4) is 11.5 Å². The van der Waals surface area contributed by atoms with Gasteiger partial charge in [0.15, 0.2) is 11.5 Å². The number of carbonyl (C=O) groups is 2. The number of carbonyl (C=O) groups excluding carboxylic acids is 2. The zero-order valence-corrected chi connectivity index (χ0v) is 17.7. The van der Waals surface area contributed by atoms with Gasteiger partial charge in [0.2, 0.25) is 5.91 Å². The van der Waals surface area contributed by atoms with Crippen molar-refractivity contribution in [2.24, 2.45) is 0 Å². The molecule has 7 heteroatoms. The summed E-state index contributed by atoms with van der Waals surface area (Å²) in [5, 5.41) is 5.88. The zero-order valence-electron chi connectivity index (χ0n) is 17.7. The summed E-state index contributed by atoms with van der Waals surface area (Å²) in [6.07, 6.45) is 2.01. The van der Waals surface area contributed by atoms with Gasteiger partial charge >= 0.3 is 6.03 Å². The molecule has 160 valence electrons. The minimum Gasteiger partial charge on any atom is -0.493 e. The Hall–Kier alpha value is -3.22. The molecule has 1 fully saturated rings. The van der Waals surface area contributed by atoms with Crippen molar-refractivity contribution in [1.29, 1.82) is 0 Å². The predicted octanol–water partition coefficient (Wildman–Crippen LogP) is 3.13. The predicted molar refractivity (Wildman–Crippen MR) is 116 cm³/mol. The van der Waals surface area contributed by atoms with Crippen LogP contribution in [0.3, 0.4) is 0 Å². The first-order valence-corrected chi connectivity index (χ1v) is 10.1. The van der Waals surface area contributed by atoms with Crippen LogP contribution in [-0.2, 0) is 11.2 Å². The molecule has 2 aromatic carbocycles. The second-order valence-electron chi connectivity index (χ2n) is 7.49. The smallest absolute Gasteiger partial charge is 0.315 e. The molecule has 1 aliphatic heterocycles. The van der Waals surface area contributed by atoms with Crippen molar-refractivity contribution in [3.05, 3.63) is 54.1 Å². The highest BCUT2D eigenvalue weighted by Crippen LogP contribution is 2.33. The van der Waals surface area contributed by atoms with Crippen LogP contribution >= 0.6 is 0 Å². The van der Waals surface area contributed by atoms with Gasteiger partial charge in [0.1, 0.15) is 0 Å². The number of anilines is 1. The van der Waals surface area contributed by atoms with Crippen molar-refractivity contribution >= 4 is 17.6 Å². The highest BCUT2D eigenvalue weighted by molar-refractivity contribution is 5.97. The summed E-state index contributed by atoms with van der Waals surface area (Å²) >= 11 is 0. The molecule has 1 saturated heterocycles. The first-order chi connectivity index (χ1) is 14.5. The average molecular weight is 412 g/mol. The second kappa shape index (κ2) is 10.0. The molecule has 2 aromatic rings. The summed E-state index contributed by atoms with van der Waals surface area (Å²) in [7, 11) is 3.12. The summed E-state index contributed by atoms with van der Waals surface area (Å²) in [6.45, 7) is 2.40. The monoisotopic (exact) mass is 411 g/mol. The van der Waals surface area contributed by atoms with Gasteiger partial charge in [-0.3, -0.25) is 4.79 Å². The van der Waals surface area contributed by atoms with Crippen molar-refractivity contribution < 1.29 is 19.1 Å². The number of hydrogen-bond acceptors (Lipinski definition) is 4. The molecule has 3 amide bonds. The Morgan fingerprint density at radius 3 is 2.57 bits per heavy atom. The Morgan fingerprint density at radius 1 is 1.13 bits per heavy atom. The molecule has 7 nitrogen and oxygen atoms in total. The second-order valence-corrected chi connectivity index (χ2v) is 7.49. The van der Waals surface area contributed by atoms with Crippen molar-refractivity contribution in [2.45, 2.75) is 38.3 Å². The number of rotatable bonds is 8. The zero-order chi connectivity index (χ0) is 21.5. The fourth-order valence-electron chi connectivity index (χ4n) is 3.60. The molecule has 0 bridgehead atoms. The highest BCUT2D eigenvalue weighted by Gasteiger charge is 2.32. The lowest BCUT2D eigenvalue weighted by Crippen LogP contribution is -2.46. The molecule has 30 heavy (non-hydrogen) atoms. The summed E-state index contributed by atoms with van der Waals surface area (Å²) < 4.78 is 10.6.